The zero-order valence-corrected chi connectivity index (χ0v) is 40.3. The monoisotopic (exact) mass is 941 g/mol. The van der Waals surface area contributed by atoms with Crippen LogP contribution in [-0.2, 0) is 38.7 Å². The molecule has 12 nitrogen and oxygen atoms in total. The highest BCUT2D eigenvalue weighted by Crippen LogP contribution is 2.23. The summed E-state index contributed by atoms with van der Waals surface area (Å²) in [6.45, 7) is 3.47. The quantitative estimate of drug-likeness (QED) is 0.0200. The Hall–Kier alpha value is -4.21. The van der Waals surface area contributed by atoms with Crippen molar-refractivity contribution >= 4 is 22.1 Å². The van der Waals surface area contributed by atoms with E-state index in [1.54, 1.807) is 0 Å². The molecular weight excluding hydrogens is 861 g/mol. The number of allylic oxidation sites excluding steroid dienone is 22. The topological polar surface area (TPSA) is 186 Å². The molecule has 1 heterocycles. The first kappa shape index (κ1) is 59.8. The third kappa shape index (κ3) is 35.0. The van der Waals surface area contributed by atoms with Crippen molar-refractivity contribution in [3.8, 4) is 0 Å². The molecule has 370 valence electrons. The van der Waals surface area contributed by atoms with E-state index in [0.717, 1.165) is 57.8 Å². The fourth-order valence-corrected chi connectivity index (χ4v) is 6.79. The van der Waals surface area contributed by atoms with E-state index in [0.29, 0.717) is 25.7 Å². The maximum atomic E-state index is 12.8. The lowest BCUT2D eigenvalue weighted by atomic mass is 10.00. The van der Waals surface area contributed by atoms with E-state index in [9.17, 15) is 37.9 Å². The first-order valence-electron chi connectivity index (χ1n) is 23.7. The van der Waals surface area contributed by atoms with Gasteiger partial charge in [0, 0.05) is 12.8 Å². The van der Waals surface area contributed by atoms with Crippen LogP contribution in [0, 0.1) is 0 Å². The zero-order chi connectivity index (χ0) is 48.4. The molecular formula is C53H80O12S. The van der Waals surface area contributed by atoms with Gasteiger partial charge in [0.1, 0.15) is 36.8 Å². The Morgan fingerprint density at radius 3 is 1.36 bits per heavy atom. The molecule has 0 amide bonds. The molecule has 1 fully saturated rings. The maximum absolute atomic E-state index is 12.8. The molecule has 1 rings (SSSR count). The first-order valence-corrected chi connectivity index (χ1v) is 25.4. The summed E-state index contributed by atoms with van der Waals surface area (Å²) in [7, 11) is -4.63. The number of esters is 2. The third-order valence-corrected chi connectivity index (χ3v) is 10.5. The molecule has 1 aliphatic heterocycles. The zero-order valence-electron chi connectivity index (χ0n) is 39.5. The van der Waals surface area contributed by atoms with Gasteiger partial charge < -0.3 is 34.3 Å². The molecule has 6 atom stereocenters. The van der Waals surface area contributed by atoms with Crippen molar-refractivity contribution in [3.63, 3.8) is 0 Å². The summed E-state index contributed by atoms with van der Waals surface area (Å²) in [6, 6.07) is 0. The van der Waals surface area contributed by atoms with Gasteiger partial charge >= 0.3 is 11.9 Å². The van der Waals surface area contributed by atoms with Crippen LogP contribution < -0.4 is 0 Å². The Balaban J connectivity index is 2.55. The Labute approximate surface area is 396 Å². The fourth-order valence-electron chi connectivity index (χ4n) is 6.09. The molecule has 1 aliphatic rings. The van der Waals surface area contributed by atoms with Gasteiger partial charge in [-0.25, -0.2) is 0 Å². The van der Waals surface area contributed by atoms with Crippen LogP contribution in [0.4, 0.5) is 0 Å². The Kier molecular flexibility index (Phi) is 37.2. The molecule has 0 aromatic heterocycles. The number of rotatable bonds is 37. The standard InChI is InChI=1S/C53H80O12S/c1-3-5-7-9-11-13-15-17-19-21-23-25-27-29-31-33-35-37-39-41-48(54)62-43-46(44-63-53-52(58)51(57)50(56)47(65-53)45-66(59,60)61)64-49(55)42-40-38-36-34-32-30-28-26-24-22-20-18-16-14-12-10-8-6-4-2/h6,8,11-14,17-20,23-26,29-32,35-38,46-47,50-53,56-58H,3-5,7,9-10,15-16,21-22,27-28,33-34,39-45H2,1-2H3,(H,59,60,61)/b8-6+,13-11+,14-12+,19-17+,20-18+,25-23+,26-24+,31-29+,32-30+,37-35+,38-36+/t46-,47-,50-,51?,52?,53+/m1/s1. The number of hydrogen-bond donors (Lipinski definition) is 4. The van der Waals surface area contributed by atoms with Gasteiger partial charge in [0.15, 0.2) is 12.4 Å². The van der Waals surface area contributed by atoms with Gasteiger partial charge in [-0.1, -0.05) is 160 Å². The molecule has 0 radical (unpaired) electrons. The van der Waals surface area contributed by atoms with E-state index in [-0.39, 0.29) is 12.8 Å². The van der Waals surface area contributed by atoms with E-state index in [4.69, 9.17) is 18.9 Å². The number of hydrogen-bond acceptors (Lipinski definition) is 11. The van der Waals surface area contributed by atoms with Gasteiger partial charge in [-0.2, -0.15) is 8.42 Å². The minimum absolute atomic E-state index is 0.0146. The normalized spacial score (nSPS) is 20.6. The second-order valence-corrected chi connectivity index (χ2v) is 17.2. The van der Waals surface area contributed by atoms with Gasteiger partial charge in [-0.05, 0) is 89.9 Å². The lowest BCUT2D eigenvalue weighted by Gasteiger charge is -2.40. The molecule has 2 unspecified atom stereocenters. The number of aliphatic hydroxyl groups excluding tert-OH is 3. The fraction of sp³-hybridized carbons (Fsp3) is 0.547. The summed E-state index contributed by atoms with van der Waals surface area (Å²) in [5.41, 5.74) is 0. The summed E-state index contributed by atoms with van der Waals surface area (Å²) < 4.78 is 54.0. The number of unbranched alkanes of at least 4 members (excludes halogenated alkanes) is 3. The summed E-state index contributed by atoms with van der Waals surface area (Å²) >= 11 is 0. The van der Waals surface area contributed by atoms with Crippen LogP contribution in [0.1, 0.15) is 129 Å². The van der Waals surface area contributed by atoms with Gasteiger partial charge in [0.05, 0.1) is 6.61 Å². The molecule has 0 aliphatic carbocycles. The van der Waals surface area contributed by atoms with Crippen molar-refractivity contribution < 1.29 is 56.8 Å². The highest BCUT2D eigenvalue weighted by atomic mass is 32.2. The van der Waals surface area contributed by atoms with Crippen LogP contribution in [0.3, 0.4) is 0 Å². The maximum Gasteiger partial charge on any atom is 0.306 e. The van der Waals surface area contributed by atoms with Crippen LogP contribution in [0.25, 0.3) is 0 Å². The summed E-state index contributed by atoms with van der Waals surface area (Å²) in [4.78, 5) is 25.4. The van der Waals surface area contributed by atoms with Crippen molar-refractivity contribution in [1.29, 1.82) is 0 Å². The van der Waals surface area contributed by atoms with Crippen LogP contribution in [-0.4, -0.2) is 96.0 Å². The number of carbonyl (C=O) groups is 2. The smallest absolute Gasteiger partial charge is 0.306 e. The minimum atomic E-state index is -4.63. The number of ether oxygens (including phenoxy) is 4. The SMILES string of the molecule is CC/C=C/C/C=C/C/C=C/C/C=C/C/C=C/C/C=C/CCC(=O)O[C@H](COC(=O)CC/C=C/C/C=C/C/C=C/C/C=C/C/C=C/CCCCC)CO[C@H]1O[C@H](CS(=O)(=O)O)[C@@H](O)C(O)C1O. The van der Waals surface area contributed by atoms with Crippen molar-refractivity contribution in [2.24, 2.45) is 0 Å². The lowest BCUT2D eigenvalue weighted by Crippen LogP contribution is -2.60. The van der Waals surface area contributed by atoms with E-state index in [2.05, 4.69) is 117 Å². The summed E-state index contributed by atoms with van der Waals surface area (Å²) in [5.74, 6) is -2.22. The van der Waals surface area contributed by atoms with E-state index < -0.39 is 77.8 Å². The second kappa shape index (κ2) is 41.0. The highest BCUT2D eigenvalue weighted by molar-refractivity contribution is 7.85. The Bertz CT molecular complexity index is 1720. The average Bonchev–Trinajstić information content (AvgIpc) is 3.28. The van der Waals surface area contributed by atoms with Crippen molar-refractivity contribution in [2.75, 3.05) is 19.0 Å². The molecule has 0 saturated carbocycles. The molecule has 66 heavy (non-hydrogen) atoms. The van der Waals surface area contributed by atoms with Crippen molar-refractivity contribution in [2.45, 2.75) is 166 Å². The van der Waals surface area contributed by atoms with Gasteiger partial charge in [0.2, 0.25) is 0 Å². The van der Waals surface area contributed by atoms with Gasteiger partial charge in [-0.3, -0.25) is 14.1 Å². The Morgan fingerprint density at radius 2 is 0.939 bits per heavy atom. The summed E-state index contributed by atoms with van der Waals surface area (Å²) in [5, 5.41) is 30.9. The second-order valence-electron chi connectivity index (χ2n) is 15.7. The molecule has 1 saturated heterocycles. The molecule has 0 aromatic carbocycles. The highest BCUT2D eigenvalue weighted by Gasteiger charge is 2.46. The average molecular weight is 941 g/mol. The molecule has 0 bridgehead atoms. The molecule has 4 N–H and O–H groups in total. The molecule has 0 aromatic rings. The first-order chi connectivity index (χ1) is 32.0. The van der Waals surface area contributed by atoms with Crippen LogP contribution >= 0.6 is 0 Å². The van der Waals surface area contributed by atoms with E-state index in [1.165, 1.54) is 19.3 Å². The molecule has 0 spiro atoms. The lowest BCUT2D eigenvalue weighted by molar-refractivity contribution is -0.297. The van der Waals surface area contributed by atoms with E-state index >= 15 is 0 Å². The van der Waals surface area contributed by atoms with Crippen LogP contribution in [0.5, 0.6) is 0 Å². The van der Waals surface area contributed by atoms with Crippen LogP contribution in [0.15, 0.2) is 134 Å². The van der Waals surface area contributed by atoms with E-state index in [1.807, 2.05) is 30.4 Å². The predicted molar refractivity (Wildman–Crippen MR) is 265 cm³/mol. The largest absolute Gasteiger partial charge is 0.462 e. The van der Waals surface area contributed by atoms with Gasteiger partial charge in [-0.15, -0.1) is 0 Å². The minimum Gasteiger partial charge on any atom is -0.462 e. The molecule has 13 heteroatoms. The van der Waals surface area contributed by atoms with Crippen LogP contribution in [0.2, 0.25) is 0 Å². The van der Waals surface area contributed by atoms with Crippen molar-refractivity contribution in [1.82, 2.24) is 0 Å². The van der Waals surface area contributed by atoms with Gasteiger partial charge in [0.25, 0.3) is 10.1 Å². The predicted octanol–water partition coefficient (Wildman–Crippen LogP) is 10.3. The summed E-state index contributed by atoms with van der Waals surface area (Å²) in [6.07, 6.45) is 50.9. The number of carbonyl (C=O) groups excluding carboxylic acids is 2. The third-order valence-electron chi connectivity index (χ3n) is 9.74. The van der Waals surface area contributed by atoms with Crippen molar-refractivity contribution in [3.05, 3.63) is 134 Å². The number of aliphatic hydroxyl groups is 3. The Morgan fingerprint density at radius 1 is 0.530 bits per heavy atom.